The molecule has 0 fully saturated rings. The highest BCUT2D eigenvalue weighted by Crippen LogP contribution is 2.10. The first-order valence-corrected chi connectivity index (χ1v) is 5.73. The van der Waals surface area contributed by atoms with E-state index in [4.69, 9.17) is 5.53 Å². The van der Waals surface area contributed by atoms with Gasteiger partial charge in [-0.2, -0.15) is 0 Å². The Bertz CT molecular complexity index is 459. The number of sulfone groups is 1. The molecule has 1 rings (SSSR count). The lowest BCUT2D eigenvalue weighted by Crippen LogP contribution is -1.96. The second-order valence-corrected chi connectivity index (χ2v) is 4.82. The second kappa shape index (κ2) is 5.38. The molecule has 0 atom stereocenters. The standard InChI is InChI=1S/C8H9N3O2S.CH4/c1-14(12,13)8-4-2-7(3-5-8)6-10-11-9;/h2-5H,6H2,1H3;1H4. The van der Waals surface area contributed by atoms with Crippen molar-refractivity contribution in [2.45, 2.75) is 18.9 Å². The Kier molecular flexibility index (Phi) is 4.84. The average Bonchev–Trinajstić information content (AvgIpc) is 2.14. The van der Waals surface area contributed by atoms with Crippen LogP contribution in [0.2, 0.25) is 0 Å². The summed E-state index contributed by atoms with van der Waals surface area (Å²) in [5, 5.41) is 3.36. The van der Waals surface area contributed by atoms with Gasteiger partial charge in [-0.25, -0.2) is 8.42 Å². The summed E-state index contributed by atoms with van der Waals surface area (Å²) in [4.78, 5) is 2.87. The molecular formula is C9H13N3O2S. The highest BCUT2D eigenvalue weighted by Gasteiger charge is 2.05. The molecule has 0 radical (unpaired) electrons. The van der Waals surface area contributed by atoms with Crippen molar-refractivity contribution < 1.29 is 8.42 Å². The molecule has 1 aromatic rings. The van der Waals surface area contributed by atoms with Gasteiger partial charge in [0.15, 0.2) is 9.84 Å². The summed E-state index contributed by atoms with van der Waals surface area (Å²) in [6.07, 6.45) is 1.15. The number of hydrogen-bond donors (Lipinski definition) is 0. The van der Waals surface area contributed by atoms with Crippen LogP contribution in [0.15, 0.2) is 34.3 Å². The molecule has 15 heavy (non-hydrogen) atoms. The van der Waals surface area contributed by atoms with Gasteiger partial charge in [-0.15, -0.1) is 0 Å². The van der Waals surface area contributed by atoms with Gasteiger partial charge in [-0.3, -0.25) is 0 Å². The van der Waals surface area contributed by atoms with Gasteiger partial charge >= 0.3 is 0 Å². The molecule has 5 nitrogen and oxygen atoms in total. The van der Waals surface area contributed by atoms with Crippen LogP contribution in [-0.4, -0.2) is 14.7 Å². The summed E-state index contributed by atoms with van der Waals surface area (Å²) in [6.45, 7) is 0.237. The topological polar surface area (TPSA) is 82.9 Å². The molecule has 0 heterocycles. The molecule has 0 amide bonds. The Hall–Kier alpha value is -1.52. The summed E-state index contributed by atoms with van der Waals surface area (Å²) in [7, 11) is -3.14. The minimum absolute atomic E-state index is 0. The molecule has 0 saturated heterocycles. The van der Waals surface area contributed by atoms with E-state index in [1.807, 2.05) is 0 Å². The number of azide groups is 1. The lowest BCUT2D eigenvalue weighted by Gasteiger charge is -1.99. The second-order valence-electron chi connectivity index (χ2n) is 2.81. The summed E-state index contributed by atoms with van der Waals surface area (Å²) in [5.74, 6) is 0. The van der Waals surface area contributed by atoms with Crippen LogP contribution in [0, 0.1) is 0 Å². The van der Waals surface area contributed by atoms with Gasteiger partial charge in [0.2, 0.25) is 0 Å². The van der Waals surface area contributed by atoms with Crippen LogP contribution in [0.25, 0.3) is 10.4 Å². The van der Waals surface area contributed by atoms with Gasteiger partial charge in [0.05, 0.1) is 11.4 Å². The molecule has 0 N–H and O–H groups in total. The first-order valence-electron chi connectivity index (χ1n) is 3.84. The van der Waals surface area contributed by atoms with Crippen molar-refractivity contribution in [3.8, 4) is 0 Å². The quantitative estimate of drug-likeness (QED) is 0.451. The van der Waals surface area contributed by atoms with E-state index in [1.54, 1.807) is 12.1 Å². The number of rotatable bonds is 3. The van der Waals surface area contributed by atoms with E-state index in [-0.39, 0.29) is 18.9 Å². The van der Waals surface area contributed by atoms with Gasteiger partial charge in [0.1, 0.15) is 0 Å². The molecule has 0 unspecified atom stereocenters. The number of benzene rings is 1. The zero-order valence-corrected chi connectivity index (χ0v) is 8.40. The van der Waals surface area contributed by atoms with Crippen LogP contribution >= 0.6 is 0 Å². The SMILES string of the molecule is C.CS(=O)(=O)c1ccc(CN=[N+]=[N-])cc1. The Morgan fingerprint density at radius 3 is 2.27 bits per heavy atom. The third kappa shape index (κ3) is 4.01. The molecule has 82 valence electrons. The van der Waals surface area contributed by atoms with Crippen LogP contribution < -0.4 is 0 Å². The summed E-state index contributed by atoms with van der Waals surface area (Å²) >= 11 is 0. The van der Waals surface area contributed by atoms with E-state index in [0.717, 1.165) is 11.8 Å². The Labute approximate surface area is 89.3 Å². The fourth-order valence-electron chi connectivity index (χ4n) is 0.955. The maximum Gasteiger partial charge on any atom is 0.175 e. The molecule has 0 aliphatic carbocycles. The summed E-state index contributed by atoms with van der Waals surface area (Å²) in [6, 6.07) is 6.26. The Morgan fingerprint density at radius 1 is 1.33 bits per heavy atom. The lowest BCUT2D eigenvalue weighted by molar-refractivity contribution is 0.602. The van der Waals surface area contributed by atoms with Gasteiger partial charge in [0.25, 0.3) is 0 Å². The van der Waals surface area contributed by atoms with Crippen molar-refractivity contribution in [3.05, 3.63) is 40.3 Å². The summed E-state index contributed by atoms with van der Waals surface area (Å²) < 4.78 is 22.2. The van der Waals surface area contributed by atoms with Crippen LogP contribution in [0.1, 0.15) is 13.0 Å². The normalized spacial score (nSPS) is 9.93. The molecule has 1 aromatic carbocycles. The monoisotopic (exact) mass is 227 g/mol. The molecule has 0 spiro atoms. The third-order valence-corrected chi connectivity index (χ3v) is 2.80. The van der Waals surface area contributed by atoms with Gasteiger partial charge in [-0.1, -0.05) is 24.7 Å². The van der Waals surface area contributed by atoms with E-state index in [2.05, 4.69) is 10.0 Å². The van der Waals surface area contributed by atoms with E-state index in [0.29, 0.717) is 0 Å². The predicted octanol–water partition coefficient (Wildman–Crippen LogP) is 2.54. The molecule has 6 heteroatoms. The minimum Gasteiger partial charge on any atom is -0.224 e. The maximum absolute atomic E-state index is 11.1. The van der Waals surface area contributed by atoms with Crippen molar-refractivity contribution in [1.82, 2.24) is 0 Å². The van der Waals surface area contributed by atoms with Crippen molar-refractivity contribution in [3.63, 3.8) is 0 Å². The van der Waals surface area contributed by atoms with E-state index in [9.17, 15) is 8.42 Å². The molecule has 0 saturated carbocycles. The predicted molar refractivity (Wildman–Crippen MR) is 59.1 cm³/mol. The fraction of sp³-hybridized carbons (Fsp3) is 0.333. The minimum atomic E-state index is -3.14. The Balaban J connectivity index is 0.00000196. The highest BCUT2D eigenvalue weighted by atomic mass is 32.2. The zero-order chi connectivity index (χ0) is 10.6. The first-order chi connectivity index (χ1) is 6.54. The first kappa shape index (κ1) is 13.5. The number of nitrogens with zero attached hydrogens (tertiary/aromatic N) is 3. The fourth-order valence-corrected chi connectivity index (χ4v) is 1.59. The molecule has 0 aliphatic rings. The van der Waals surface area contributed by atoms with Crippen molar-refractivity contribution in [2.75, 3.05) is 6.26 Å². The van der Waals surface area contributed by atoms with E-state index in [1.165, 1.54) is 12.1 Å². The average molecular weight is 227 g/mol. The lowest BCUT2D eigenvalue weighted by atomic mass is 10.2. The molecule has 0 bridgehead atoms. The zero-order valence-electron chi connectivity index (χ0n) is 7.58. The third-order valence-electron chi connectivity index (χ3n) is 1.67. The van der Waals surface area contributed by atoms with E-state index >= 15 is 0 Å². The van der Waals surface area contributed by atoms with Gasteiger partial charge in [-0.05, 0) is 23.2 Å². The molecule has 0 aliphatic heterocycles. The largest absolute Gasteiger partial charge is 0.224 e. The van der Waals surface area contributed by atoms with Gasteiger partial charge in [0, 0.05) is 11.2 Å². The van der Waals surface area contributed by atoms with Crippen molar-refractivity contribution >= 4 is 9.84 Å². The van der Waals surface area contributed by atoms with Crippen molar-refractivity contribution in [2.24, 2.45) is 5.11 Å². The summed E-state index contributed by atoms with van der Waals surface area (Å²) in [5.41, 5.74) is 8.86. The molecular weight excluding hydrogens is 214 g/mol. The van der Waals surface area contributed by atoms with Crippen LogP contribution in [0.3, 0.4) is 0 Å². The van der Waals surface area contributed by atoms with E-state index < -0.39 is 9.84 Å². The number of hydrogen-bond acceptors (Lipinski definition) is 3. The smallest absolute Gasteiger partial charge is 0.175 e. The van der Waals surface area contributed by atoms with Crippen molar-refractivity contribution in [1.29, 1.82) is 0 Å². The van der Waals surface area contributed by atoms with Crippen LogP contribution in [0.5, 0.6) is 0 Å². The van der Waals surface area contributed by atoms with Gasteiger partial charge < -0.3 is 0 Å². The molecule has 0 aromatic heterocycles. The van der Waals surface area contributed by atoms with Crippen LogP contribution in [-0.2, 0) is 16.4 Å². The highest BCUT2D eigenvalue weighted by molar-refractivity contribution is 7.90. The maximum atomic E-state index is 11.1. The van der Waals surface area contributed by atoms with Crippen LogP contribution in [0.4, 0.5) is 0 Å². The Morgan fingerprint density at radius 2 is 1.87 bits per heavy atom.